The number of methoxy groups -OCH3 is 1. The molecule has 1 N–H and O–H groups in total. The zero-order valence-corrected chi connectivity index (χ0v) is 18.2. The molecule has 7 heteroatoms. The van der Waals surface area contributed by atoms with Crippen LogP contribution in [0.2, 0.25) is 0 Å². The van der Waals surface area contributed by atoms with E-state index in [0.717, 1.165) is 5.56 Å². The summed E-state index contributed by atoms with van der Waals surface area (Å²) >= 11 is 0. The molecule has 3 aromatic rings. The number of nitrogens with zero attached hydrogens (tertiary/aromatic N) is 2. The van der Waals surface area contributed by atoms with E-state index in [0.29, 0.717) is 23.5 Å². The van der Waals surface area contributed by atoms with Gasteiger partial charge in [-0.1, -0.05) is 30.3 Å². The summed E-state index contributed by atoms with van der Waals surface area (Å²) in [4.78, 5) is 31.1. The van der Waals surface area contributed by atoms with Crippen LogP contribution in [-0.4, -0.2) is 46.9 Å². The Morgan fingerprint density at radius 3 is 2.36 bits per heavy atom. The fourth-order valence-electron chi connectivity index (χ4n) is 3.80. The van der Waals surface area contributed by atoms with Crippen LogP contribution in [0.4, 0.5) is 0 Å². The van der Waals surface area contributed by atoms with E-state index < -0.39 is 17.7 Å². The smallest absolute Gasteiger partial charge is 0.295 e. The zero-order valence-electron chi connectivity index (χ0n) is 18.2. The van der Waals surface area contributed by atoms with Crippen LogP contribution in [0.5, 0.6) is 5.75 Å². The molecular weight excluding hydrogens is 420 g/mol. The van der Waals surface area contributed by atoms with Crippen LogP contribution >= 0.6 is 0 Å². The molecule has 33 heavy (non-hydrogen) atoms. The number of aromatic nitrogens is 1. The van der Waals surface area contributed by atoms with Gasteiger partial charge in [0.25, 0.3) is 11.7 Å². The van der Waals surface area contributed by atoms with Crippen molar-refractivity contribution in [3.8, 4) is 5.75 Å². The van der Waals surface area contributed by atoms with Crippen molar-refractivity contribution in [2.24, 2.45) is 0 Å². The minimum absolute atomic E-state index is 0.0419. The van der Waals surface area contributed by atoms with Gasteiger partial charge in [-0.15, -0.1) is 0 Å². The van der Waals surface area contributed by atoms with E-state index in [1.807, 2.05) is 30.3 Å². The van der Waals surface area contributed by atoms with Crippen LogP contribution in [0.3, 0.4) is 0 Å². The van der Waals surface area contributed by atoms with Crippen molar-refractivity contribution in [3.05, 3.63) is 101 Å². The predicted molar refractivity (Wildman–Crippen MR) is 122 cm³/mol. The third kappa shape index (κ3) is 4.78. The van der Waals surface area contributed by atoms with E-state index in [1.54, 1.807) is 48.8 Å². The molecule has 1 aliphatic rings. The molecule has 0 aliphatic carbocycles. The number of hydrogen-bond donors (Lipinski definition) is 1. The first kappa shape index (κ1) is 22.2. The maximum absolute atomic E-state index is 12.9. The molecule has 0 saturated carbocycles. The van der Waals surface area contributed by atoms with E-state index in [1.165, 1.54) is 12.0 Å². The van der Waals surface area contributed by atoms with Crippen molar-refractivity contribution < 1.29 is 24.2 Å². The Kier molecular flexibility index (Phi) is 6.80. The standard InChI is InChI=1S/C26H24N2O5/c1-32-16-15-28-23(19-11-13-27-14-12-19)22(25(30)26(28)31)24(29)20-7-9-21(10-8-20)33-17-18-5-3-2-4-6-18/h2-14,23,29H,15-17H2,1H3/t23-/m0/s1. The minimum atomic E-state index is -0.727. The Balaban J connectivity index is 1.63. The van der Waals surface area contributed by atoms with E-state index >= 15 is 0 Å². The Morgan fingerprint density at radius 1 is 1.00 bits per heavy atom. The highest BCUT2D eigenvalue weighted by molar-refractivity contribution is 6.46. The molecule has 0 spiro atoms. The number of aliphatic hydroxyl groups excluding tert-OH is 1. The lowest BCUT2D eigenvalue weighted by Gasteiger charge is -2.24. The number of rotatable bonds is 8. The fourth-order valence-corrected chi connectivity index (χ4v) is 3.80. The normalized spacial score (nSPS) is 17.4. The summed E-state index contributed by atoms with van der Waals surface area (Å²) in [7, 11) is 1.53. The number of hydrogen-bond acceptors (Lipinski definition) is 6. The first-order valence-electron chi connectivity index (χ1n) is 10.5. The minimum Gasteiger partial charge on any atom is -0.507 e. The molecule has 7 nitrogen and oxygen atoms in total. The largest absolute Gasteiger partial charge is 0.507 e. The molecule has 1 amide bonds. The Bertz CT molecular complexity index is 1140. The van der Waals surface area contributed by atoms with Crippen molar-refractivity contribution in [1.82, 2.24) is 9.88 Å². The lowest BCUT2D eigenvalue weighted by molar-refractivity contribution is -0.140. The lowest BCUT2D eigenvalue weighted by Crippen LogP contribution is -2.32. The fraction of sp³-hybridized carbons (Fsp3) is 0.192. The Hall–Kier alpha value is -3.97. The van der Waals surface area contributed by atoms with Crippen LogP contribution in [-0.2, 0) is 20.9 Å². The molecule has 0 bridgehead atoms. The lowest BCUT2D eigenvalue weighted by atomic mass is 9.96. The zero-order chi connectivity index (χ0) is 23.2. The molecule has 1 atom stereocenters. The summed E-state index contributed by atoms with van der Waals surface area (Å²) in [5, 5.41) is 11.1. The SMILES string of the molecule is COCCN1C(=O)C(=O)C(=C(O)c2ccc(OCc3ccccc3)cc2)[C@@H]1c1ccncc1. The number of amides is 1. The van der Waals surface area contributed by atoms with E-state index in [9.17, 15) is 14.7 Å². The molecule has 1 aromatic heterocycles. The van der Waals surface area contributed by atoms with Crippen molar-refractivity contribution in [3.63, 3.8) is 0 Å². The van der Waals surface area contributed by atoms with Crippen LogP contribution < -0.4 is 4.74 Å². The summed E-state index contributed by atoms with van der Waals surface area (Å²) in [5.41, 5.74) is 2.19. The molecule has 2 aromatic carbocycles. The van der Waals surface area contributed by atoms with Crippen molar-refractivity contribution in [2.75, 3.05) is 20.3 Å². The van der Waals surface area contributed by atoms with Gasteiger partial charge in [-0.25, -0.2) is 0 Å². The maximum atomic E-state index is 12.9. The average Bonchev–Trinajstić information content (AvgIpc) is 3.12. The van der Waals surface area contributed by atoms with Gasteiger partial charge in [0.1, 0.15) is 18.1 Å². The summed E-state index contributed by atoms with van der Waals surface area (Å²) in [6.45, 7) is 0.901. The molecule has 2 heterocycles. The van der Waals surface area contributed by atoms with E-state index in [-0.39, 0.29) is 24.5 Å². The van der Waals surface area contributed by atoms with Crippen LogP contribution in [0.1, 0.15) is 22.7 Å². The Labute approximate surface area is 191 Å². The molecule has 168 valence electrons. The third-order valence-corrected chi connectivity index (χ3v) is 5.47. The van der Waals surface area contributed by atoms with Crippen LogP contribution in [0, 0.1) is 0 Å². The van der Waals surface area contributed by atoms with Crippen molar-refractivity contribution in [2.45, 2.75) is 12.6 Å². The Morgan fingerprint density at radius 2 is 1.70 bits per heavy atom. The van der Waals surface area contributed by atoms with Gasteiger partial charge in [-0.05, 0) is 47.5 Å². The highest BCUT2D eigenvalue weighted by atomic mass is 16.5. The number of Topliss-reactive ketones (excluding diaryl/α,β-unsaturated/α-hetero) is 1. The predicted octanol–water partition coefficient (Wildman–Crippen LogP) is 3.73. The number of carbonyl (C=O) groups is 2. The number of carbonyl (C=O) groups excluding carboxylic acids is 2. The number of pyridine rings is 1. The van der Waals surface area contributed by atoms with Gasteiger partial charge in [0.05, 0.1) is 18.2 Å². The molecule has 1 saturated heterocycles. The van der Waals surface area contributed by atoms with E-state index in [2.05, 4.69) is 4.98 Å². The number of likely N-dealkylation sites (tertiary alicyclic amines) is 1. The monoisotopic (exact) mass is 444 g/mol. The summed E-state index contributed by atoms with van der Waals surface area (Å²) in [6, 6.07) is 19.3. The van der Waals surface area contributed by atoms with Crippen molar-refractivity contribution in [1.29, 1.82) is 0 Å². The first-order valence-corrected chi connectivity index (χ1v) is 10.5. The molecule has 0 radical (unpaired) electrons. The first-order chi connectivity index (χ1) is 16.1. The van der Waals surface area contributed by atoms with Gasteiger partial charge in [0.2, 0.25) is 0 Å². The van der Waals surface area contributed by atoms with Gasteiger partial charge >= 0.3 is 0 Å². The quantitative estimate of drug-likeness (QED) is 0.324. The molecule has 4 rings (SSSR count). The summed E-state index contributed by atoms with van der Waals surface area (Å²) in [5.74, 6) is -1.00. The van der Waals surface area contributed by atoms with Gasteiger partial charge in [-0.3, -0.25) is 14.6 Å². The number of aliphatic hydroxyl groups is 1. The van der Waals surface area contributed by atoms with Gasteiger partial charge in [0, 0.05) is 31.6 Å². The van der Waals surface area contributed by atoms with Gasteiger partial charge < -0.3 is 19.5 Å². The number of ketones is 1. The maximum Gasteiger partial charge on any atom is 0.295 e. The highest BCUT2D eigenvalue weighted by Gasteiger charge is 2.45. The second kappa shape index (κ2) is 10.1. The topological polar surface area (TPSA) is 89.0 Å². The number of benzene rings is 2. The highest BCUT2D eigenvalue weighted by Crippen LogP contribution is 2.39. The second-order valence-electron chi connectivity index (χ2n) is 7.56. The van der Waals surface area contributed by atoms with Crippen LogP contribution in [0.25, 0.3) is 5.76 Å². The average molecular weight is 444 g/mol. The van der Waals surface area contributed by atoms with E-state index in [4.69, 9.17) is 9.47 Å². The number of ether oxygens (including phenoxy) is 2. The molecule has 1 fully saturated rings. The molecule has 1 aliphatic heterocycles. The van der Waals surface area contributed by atoms with Gasteiger partial charge in [0.15, 0.2) is 0 Å². The van der Waals surface area contributed by atoms with Gasteiger partial charge in [-0.2, -0.15) is 0 Å². The summed E-state index contributed by atoms with van der Waals surface area (Å²) < 4.78 is 10.9. The second-order valence-corrected chi connectivity index (χ2v) is 7.56. The molecule has 0 unspecified atom stereocenters. The third-order valence-electron chi connectivity index (χ3n) is 5.47. The summed E-state index contributed by atoms with van der Waals surface area (Å²) in [6.07, 6.45) is 3.18. The van der Waals surface area contributed by atoms with Crippen molar-refractivity contribution >= 4 is 17.4 Å². The molecular formula is C26H24N2O5. The van der Waals surface area contributed by atoms with Crippen LogP contribution in [0.15, 0.2) is 84.7 Å².